The van der Waals surface area contributed by atoms with Gasteiger partial charge in [-0.1, -0.05) is 25.4 Å². The predicted molar refractivity (Wildman–Crippen MR) is 109 cm³/mol. The van der Waals surface area contributed by atoms with E-state index in [2.05, 4.69) is 29.2 Å². The van der Waals surface area contributed by atoms with Crippen LogP contribution in [0.25, 0.3) is 15.9 Å². The fraction of sp³-hybridized carbons (Fsp3) is 0.368. The molecule has 0 bridgehead atoms. The topological polar surface area (TPSA) is 50.2 Å². The van der Waals surface area contributed by atoms with Crippen LogP contribution in [0.1, 0.15) is 29.2 Å². The second-order valence-electron chi connectivity index (χ2n) is 6.09. The van der Waals surface area contributed by atoms with E-state index in [0.29, 0.717) is 16.4 Å². The Bertz CT molecular complexity index is 896. The normalized spacial score (nSPS) is 11.4. The van der Waals surface area contributed by atoms with E-state index in [4.69, 9.17) is 11.6 Å². The molecule has 1 N–H and O–H groups in total. The van der Waals surface area contributed by atoms with E-state index in [9.17, 15) is 4.79 Å². The first-order valence-corrected chi connectivity index (χ1v) is 9.98. The minimum atomic E-state index is -0.0274. The lowest BCUT2D eigenvalue weighted by Crippen LogP contribution is -2.34. The number of benzene rings is 1. The number of aryl methyl sites for hydroxylation is 1. The lowest BCUT2D eigenvalue weighted by atomic mass is 10.3. The molecule has 0 aliphatic rings. The van der Waals surface area contributed by atoms with Crippen LogP contribution in [0.15, 0.2) is 30.3 Å². The molecule has 0 radical (unpaired) electrons. The number of aromatic nitrogens is 2. The van der Waals surface area contributed by atoms with Crippen molar-refractivity contribution in [3.8, 4) is 5.69 Å². The molecule has 26 heavy (non-hydrogen) atoms. The highest BCUT2D eigenvalue weighted by atomic mass is 35.5. The maximum absolute atomic E-state index is 12.5. The zero-order chi connectivity index (χ0) is 18.7. The Hall–Kier alpha value is -1.89. The van der Waals surface area contributed by atoms with Crippen LogP contribution >= 0.6 is 22.9 Å². The first-order valence-electron chi connectivity index (χ1n) is 8.79. The van der Waals surface area contributed by atoms with Gasteiger partial charge in [-0.05, 0) is 50.3 Å². The van der Waals surface area contributed by atoms with Gasteiger partial charge in [-0.3, -0.25) is 4.79 Å². The Balaban J connectivity index is 1.80. The molecule has 5 nitrogen and oxygen atoms in total. The highest BCUT2D eigenvalue weighted by Gasteiger charge is 2.17. The van der Waals surface area contributed by atoms with Gasteiger partial charge in [0.15, 0.2) is 0 Å². The molecule has 0 aliphatic heterocycles. The first-order chi connectivity index (χ1) is 12.5. The maximum atomic E-state index is 12.5. The van der Waals surface area contributed by atoms with Crippen LogP contribution in [-0.2, 0) is 0 Å². The smallest absolute Gasteiger partial charge is 0.261 e. The zero-order valence-corrected chi connectivity index (χ0v) is 16.8. The van der Waals surface area contributed by atoms with Crippen LogP contribution in [0.3, 0.4) is 0 Å². The summed E-state index contributed by atoms with van der Waals surface area (Å²) < 4.78 is 1.87. The molecular formula is C19H23ClN4OS. The molecule has 0 atom stereocenters. The summed E-state index contributed by atoms with van der Waals surface area (Å²) in [5.74, 6) is -0.0274. The number of halogens is 1. The fourth-order valence-electron chi connectivity index (χ4n) is 2.87. The molecule has 7 heteroatoms. The van der Waals surface area contributed by atoms with Gasteiger partial charge >= 0.3 is 0 Å². The van der Waals surface area contributed by atoms with Crippen molar-refractivity contribution in [3.05, 3.63) is 45.9 Å². The molecule has 0 unspecified atom stereocenters. The summed E-state index contributed by atoms with van der Waals surface area (Å²) >= 11 is 7.44. The van der Waals surface area contributed by atoms with Crippen LogP contribution in [0, 0.1) is 6.92 Å². The summed E-state index contributed by atoms with van der Waals surface area (Å²) in [5.41, 5.74) is 1.84. The van der Waals surface area contributed by atoms with Crippen LogP contribution < -0.4 is 5.32 Å². The summed E-state index contributed by atoms with van der Waals surface area (Å²) in [6.45, 7) is 9.71. The number of fused-ring (bicyclic) bond motifs is 1. The van der Waals surface area contributed by atoms with Crippen molar-refractivity contribution in [1.29, 1.82) is 0 Å². The molecular weight excluding hydrogens is 368 g/mol. The van der Waals surface area contributed by atoms with E-state index in [1.807, 2.05) is 41.9 Å². The van der Waals surface area contributed by atoms with Crippen LogP contribution in [0.2, 0.25) is 5.02 Å². The van der Waals surface area contributed by atoms with Gasteiger partial charge in [-0.2, -0.15) is 5.10 Å². The van der Waals surface area contributed by atoms with Crippen molar-refractivity contribution in [2.75, 3.05) is 26.2 Å². The quantitative estimate of drug-likeness (QED) is 0.660. The molecule has 1 aromatic carbocycles. The predicted octanol–water partition coefficient (Wildman–Crippen LogP) is 4.12. The molecule has 138 valence electrons. The van der Waals surface area contributed by atoms with Gasteiger partial charge in [0, 0.05) is 23.5 Å². The molecule has 2 heterocycles. The standard InChI is InChI=1S/C19H23ClN4OS/c1-4-23(5-2)11-10-21-18(25)17-12-16-13(3)22-24(19(16)26-17)15-8-6-14(20)7-9-15/h6-9,12H,4-5,10-11H2,1-3H3,(H,21,25). The number of nitrogens with one attached hydrogen (secondary N) is 1. The van der Waals surface area contributed by atoms with Gasteiger partial charge in [-0.15, -0.1) is 11.3 Å². The van der Waals surface area contributed by atoms with Crippen LogP contribution in [0.4, 0.5) is 0 Å². The molecule has 0 spiro atoms. The Labute approximate surface area is 162 Å². The Morgan fingerprint density at radius 2 is 1.96 bits per heavy atom. The first kappa shape index (κ1) is 18.9. The maximum Gasteiger partial charge on any atom is 0.261 e. The number of carbonyl (C=O) groups excluding carboxylic acids is 1. The van der Waals surface area contributed by atoms with Gasteiger partial charge in [0.05, 0.1) is 16.3 Å². The second kappa shape index (κ2) is 8.20. The van der Waals surface area contributed by atoms with Gasteiger partial charge < -0.3 is 10.2 Å². The number of carbonyl (C=O) groups is 1. The Kier molecular flexibility index (Phi) is 5.96. The van der Waals surface area contributed by atoms with Gasteiger partial charge in [0.1, 0.15) is 4.83 Å². The monoisotopic (exact) mass is 390 g/mol. The third-order valence-corrected chi connectivity index (χ3v) is 5.81. The molecule has 0 aliphatic carbocycles. The van der Waals surface area contributed by atoms with E-state index in [1.54, 1.807) is 0 Å². The van der Waals surface area contributed by atoms with Crippen molar-refractivity contribution in [2.24, 2.45) is 0 Å². The average molecular weight is 391 g/mol. The van der Waals surface area contributed by atoms with E-state index in [-0.39, 0.29) is 5.91 Å². The molecule has 3 aromatic rings. The largest absolute Gasteiger partial charge is 0.350 e. The molecule has 1 amide bonds. The minimum Gasteiger partial charge on any atom is -0.350 e. The van der Waals surface area contributed by atoms with Gasteiger partial charge in [0.2, 0.25) is 0 Å². The van der Waals surface area contributed by atoms with E-state index < -0.39 is 0 Å². The van der Waals surface area contributed by atoms with Crippen molar-refractivity contribution < 1.29 is 4.79 Å². The van der Waals surface area contributed by atoms with Crippen LogP contribution in [0.5, 0.6) is 0 Å². The number of rotatable bonds is 7. The second-order valence-corrected chi connectivity index (χ2v) is 7.55. The van der Waals surface area contributed by atoms with Gasteiger partial charge in [0.25, 0.3) is 5.91 Å². The highest BCUT2D eigenvalue weighted by Crippen LogP contribution is 2.30. The van der Waals surface area contributed by atoms with Crippen molar-refractivity contribution in [1.82, 2.24) is 20.0 Å². The van der Waals surface area contributed by atoms with Crippen molar-refractivity contribution in [2.45, 2.75) is 20.8 Å². The molecule has 3 rings (SSSR count). The summed E-state index contributed by atoms with van der Waals surface area (Å²) in [6, 6.07) is 9.47. The van der Waals surface area contributed by atoms with Crippen molar-refractivity contribution in [3.63, 3.8) is 0 Å². The number of thiophene rings is 1. The summed E-state index contributed by atoms with van der Waals surface area (Å²) in [5, 5.41) is 9.32. The summed E-state index contributed by atoms with van der Waals surface area (Å²) in [6.07, 6.45) is 0. The number of hydrogen-bond donors (Lipinski definition) is 1. The number of nitrogens with zero attached hydrogens (tertiary/aromatic N) is 3. The van der Waals surface area contributed by atoms with E-state index >= 15 is 0 Å². The minimum absolute atomic E-state index is 0.0274. The molecule has 0 saturated heterocycles. The SMILES string of the molecule is CCN(CC)CCNC(=O)c1cc2c(C)nn(-c3ccc(Cl)cc3)c2s1. The fourth-order valence-corrected chi connectivity index (χ4v) is 4.10. The lowest BCUT2D eigenvalue weighted by Gasteiger charge is -2.17. The van der Waals surface area contributed by atoms with Gasteiger partial charge in [-0.25, -0.2) is 4.68 Å². The Morgan fingerprint density at radius 1 is 1.27 bits per heavy atom. The molecule has 0 fully saturated rings. The number of amides is 1. The number of hydrogen-bond acceptors (Lipinski definition) is 4. The molecule has 2 aromatic heterocycles. The summed E-state index contributed by atoms with van der Waals surface area (Å²) in [7, 11) is 0. The summed E-state index contributed by atoms with van der Waals surface area (Å²) in [4.78, 5) is 16.5. The Morgan fingerprint density at radius 3 is 2.62 bits per heavy atom. The lowest BCUT2D eigenvalue weighted by molar-refractivity contribution is 0.0953. The zero-order valence-electron chi connectivity index (χ0n) is 15.3. The highest BCUT2D eigenvalue weighted by molar-refractivity contribution is 7.20. The third kappa shape index (κ3) is 3.92. The molecule has 0 saturated carbocycles. The average Bonchev–Trinajstić information content (AvgIpc) is 3.20. The van der Waals surface area contributed by atoms with Crippen LogP contribution in [-0.4, -0.2) is 46.8 Å². The van der Waals surface area contributed by atoms with E-state index in [0.717, 1.165) is 41.2 Å². The third-order valence-electron chi connectivity index (χ3n) is 4.45. The van der Waals surface area contributed by atoms with Crippen molar-refractivity contribution >= 4 is 39.1 Å². The number of likely N-dealkylation sites (N-methyl/N-ethyl adjacent to an activating group) is 1. The van der Waals surface area contributed by atoms with E-state index in [1.165, 1.54) is 11.3 Å².